The van der Waals surface area contributed by atoms with E-state index in [1.165, 1.54) is 0 Å². The molecule has 1 aromatic carbocycles. The summed E-state index contributed by atoms with van der Waals surface area (Å²) in [5, 5.41) is 5.92. The number of carbonyl (C=O) groups is 2. The van der Waals surface area contributed by atoms with E-state index in [0.29, 0.717) is 18.4 Å². The molecule has 2 atom stereocenters. The Morgan fingerprint density at radius 3 is 2.75 bits per heavy atom. The van der Waals surface area contributed by atoms with Crippen LogP contribution in [-0.2, 0) is 9.53 Å². The van der Waals surface area contributed by atoms with Crippen LogP contribution < -0.4 is 15.5 Å². The number of carbonyl (C=O) groups excluding carboxylic acids is 2. The quantitative estimate of drug-likeness (QED) is 0.874. The number of rotatable bonds is 3. The first-order valence-corrected chi connectivity index (χ1v) is 8.58. The average Bonchev–Trinajstić information content (AvgIpc) is 2.58. The Balaban J connectivity index is 1.67. The second-order valence-corrected chi connectivity index (χ2v) is 6.58. The smallest absolute Gasteiger partial charge is 0.251 e. The summed E-state index contributed by atoms with van der Waals surface area (Å²) in [4.78, 5) is 26.2. The Morgan fingerprint density at radius 2 is 2.08 bits per heavy atom. The van der Waals surface area contributed by atoms with E-state index in [2.05, 4.69) is 15.5 Å². The summed E-state index contributed by atoms with van der Waals surface area (Å²) in [7, 11) is 0. The predicted molar refractivity (Wildman–Crippen MR) is 92.3 cm³/mol. The number of hydrogen-bond donors (Lipinski definition) is 2. The van der Waals surface area contributed by atoms with Gasteiger partial charge in [0.1, 0.15) is 0 Å². The SMILES string of the molecule is Cc1cc(C(=O)NC2CCC(=O)NC2C)ccc1N1CCOCC1. The Hall–Kier alpha value is -2.08. The minimum absolute atomic E-state index is 0.0191. The lowest BCUT2D eigenvalue weighted by atomic mass is 9.98. The molecule has 2 unspecified atom stereocenters. The number of ether oxygens (including phenoxy) is 1. The minimum Gasteiger partial charge on any atom is -0.378 e. The molecule has 2 heterocycles. The highest BCUT2D eigenvalue weighted by atomic mass is 16.5. The van der Waals surface area contributed by atoms with Gasteiger partial charge in [-0.25, -0.2) is 0 Å². The van der Waals surface area contributed by atoms with Crippen molar-refractivity contribution in [1.29, 1.82) is 0 Å². The number of piperidine rings is 1. The molecule has 0 saturated carbocycles. The number of benzene rings is 1. The van der Waals surface area contributed by atoms with Crippen molar-refractivity contribution in [3.8, 4) is 0 Å². The van der Waals surface area contributed by atoms with Crippen LogP contribution in [-0.4, -0.2) is 50.2 Å². The third kappa shape index (κ3) is 3.70. The van der Waals surface area contributed by atoms with Crippen LogP contribution in [0.4, 0.5) is 5.69 Å². The van der Waals surface area contributed by atoms with Crippen LogP contribution in [0.5, 0.6) is 0 Å². The number of hydrogen-bond acceptors (Lipinski definition) is 4. The van der Waals surface area contributed by atoms with Crippen LogP contribution in [0.1, 0.15) is 35.7 Å². The number of aryl methyl sites for hydroxylation is 1. The first-order valence-electron chi connectivity index (χ1n) is 8.58. The van der Waals surface area contributed by atoms with Crippen LogP contribution >= 0.6 is 0 Å². The van der Waals surface area contributed by atoms with E-state index in [-0.39, 0.29) is 23.9 Å². The Morgan fingerprint density at radius 1 is 1.33 bits per heavy atom. The summed E-state index contributed by atoms with van der Waals surface area (Å²) in [6.07, 6.45) is 1.15. The zero-order chi connectivity index (χ0) is 17.1. The highest BCUT2D eigenvalue weighted by molar-refractivity contribution is 5.95. The molecule has 2 saturated heterocycles. The molecule has 2 fully saturated rings. The number of anilines is 1. The van der Waals surface area contributed by atoms with Gasteiger partial charge in [-0.1, -0.05) is 0 Å². The van der Waals surface area contributed by atoms with E-state index in [1.807, 2.05) is 32.0 Å². The van der Waals surface area contributed by atoms with E-state index < -0.39 is 0 Å². The molecule has 2 aliphatic rings. The molecule has 3 rings (SSSR count). The summed E-state index contributed by atoms with van der Waals surface area (Å²) < 4.78 is 5.39. The molecule has 130 valence electrons. The third-order valence-corrected chi connectivity index (χ3v) is 4.80. The van der Waals surface area contributed by atoms with Crippen LogP contribution in [0.15, 0.2) is 18.2 Å². The van der Waals surface area contributed by atoms with Crippen LogP contribution in [0.25, 0.3) is 0 Å². The molecule has 24 heavy (non-hydrogen) atoms. The lowest BCUT2D eigenvalue weighted by molar-refractivity contribution is -0.123. The standard InChI is InChI=1S/C18H25N3O3/c1-12-11-14(3-5-16(12)21-7-9-24-10-8-21)18(23)20-15-4-6-17(22)19-13(15)2/h3,5,11,13,15H,4,6-10H2,1-2H3,(H,19,22)(H,20,23). The van der Waals surface area contributed by atoms with Crippen molar-refractivity contribution < 1.29 is 14.3 Å². The van der Waals surface area contributed by atoms with E-state index in [9.17, 15) is 9.59 Å². The first-order chi connectivity index (χ1) is 11.5. The second kappa shape index (κ2) is 7.21. The summed E-state index contributed by atoms with van der Waals surface area (Å²) in [6, 6.07) is 5.77. The van der Waals surface area contributed by atoms with Crippen LogP contribution in [0.3, 0.4) is 0 Å². The van der Waals surface area contributed by atoms with Crippen LogP contribution in [0.2, 0.25) is 0 Å². The average molecular weight is 331 g/mol. The van der Waals surface area contributed by atoms with E-state index in [0.717, 1.165) is 37.6 Å². The largest absolute Gasteiger partial charge is 0.378 e. The molecule has 1 aromatic rings. The first kappa shape index (κ1) is 16.8. The molecule has 0 aromatic heterocycles. The number of amides is 2. The third-order valence-electron chi connectivity index (χ3n) is 4.80. The summed E-state index contributed by atoms with van der Waals surface area (Å²) >= 11 is 0. The highest BCUT2D eigenvalue weighted by Gasteiger charge is 2.26. The van der Waals surface area contributed by atoms with Crippen molar-refractivity contribution in [1.82, 2.24) is 10.6 Å². The fraction of sp³-hybridized carbons (Fsp3) is 0.556. The van der Waals surface area contributed by atoms with Gasteiger partial charge in [0, 0.05) is 42.8 Å². The number of morpholine rings is 1. The Labute approximate surface area is 142 Å². The molecule has 2 N–H and O–H groups in total. The predicted octanol–water partition coefficient (Wildman–Crippen LogP) is 1.23. The Kier molecular flexibility index (Phi) is 5.04. The van der Waals surface area contributed by atoms with Gasteiger partial charge in [0.05, 0.1) is 13.2 Å². The molecular formula is C18H25N3O3. The monoisotopic (exact) mass is 331 g/mol. The van der Waals surface area contributed by atoms with Gasteiger partial charge in [-0.15, -0.1) is 0 Å². The molecule has 0 spiro atoms. The van der Waals surface area contributed by atoms with Gasteiger partial charge in [0.15, 0.2) is 0 Å². The van der Waals surface area contributed by atoms with Crippen molar-refractivity contribution in [2.45, 2.75) is 38.8 Å². The maximum Gasteiger partial charge on any atom is 0.251 e. The zero-order valence-corrected chi connectivity index (χ0v) is 14.3. The molecule has 2 aliphatic heterocycles. The lowest BCUT2D eigenvalue weighted by Gasteiger charge is -2.31. The molecule has 2 amide bonds. The second-order valence-electron chi connectivity index (χ2n) is 6.58. The highest BCUT2D eigenvalue weighted by Crippen LogP contribution is 2.22. The van der Waals surface area contributed by atoms with E-state index >= 15 is 0 Å². The molecule has 6 heteroatoms. The summed E-state index contributed by atoms with van der Waals surface area (Å²) in [5.74, 6) is -0.0293. The van der Waals surface area contributed by atoms with Gasteiger partial charge >= 0.3 is 0 Å². The topological polar surface area (TPSA) is 70.7 Å². The van der Waals surface area contributed by atoms with E-state index in [1.54, 1.807) is 0 Å². The normalized spacial score (nSPS) is 24.4. The molecule has 0 bridgehead atoms. The lowest BCUT2D eigenvalue weighted by Crippen LogP contribution is -2.53. The van der Waals surface area contributed by atoms with Crippen molar-refractivity contribution in [2.24, 2.45) is 0 Å². The minimum atomic E-state index is -0.0837. The van der Waals surface area contributed by atoms with Gasteiger partial charge in [-0.3, -0.25) is 9.59 Å². The van der Waals surface area contributed by atoms with Gasteiger partial charge < -0.3 is 20.3 Å². The van der Waals surface area contributed by atoms with Gasteiger partial charge in [0.25, 0.3) is 5.91 Å². The number of nitrogens with zero attached hydrogens (tertiary/aromatic N) is 1. The molecule has 6 nitrogen and oxygen atoms in total. The van der Waals surface area contributed by atoms with Gasteiger partial charge in [-0.2, -0.15) is 0 Å². The molecular weight excluding hydrogens is 306 g/mol. The maximum absolute atomic E-state index is 12.5. The maximum atomic E-state index is 12.5. The molecule has 0 aliphatic carbocycles. The van der Waals surface area contributed by atoms with Crippen LogP contribution in [0, 0.1) is 6.92 Å². The summed E-state index contributed by atoms with van der Waals surface area (Å²) in [5.41, 5.74) is 2.91. The number of nitrogens with one attached hydrogen (secondary N) is 2. The van der Waals surface area contributed by atoms with Gasteiger partial charge in [0.2, 0.25) is 5.91 Å². The van der Waals surface area contributed by atoms with Crippen molar-refractivity contribution in [2.75, 3.05) is 31.2 Å². The summed E-state index contributed by atoms with van der Waals surface area (Å²) in [6.45, 7) is 7.21. The van der Waals surface area contributed by atoms with Crippen molar-refractivity contribution in [3.63, 3.8) is 0 Å². The Bertz CT molecular complexity index is 626. The van der Waals surface area contributed by atoms with Gasteiger partial charge in [-0.05, 0) is 44.0 Å². The van der Waals surface area contributed by atoms with E-state index in [4.69, 9.17) is 4.74 Å². The van der Waals surface area contributed by atoms with Crippen molar-refractivity contribution in [3.05, 3.63) is 29.3 Å². The molecule has 0 radical (unpaired) electrons. The fourth-order valence-electron chi connectivity index (χ4n) is 3.37. The fourth-order valence-corrected chi connectivity index (χ4v) is 3.37. The zero-order valence-electron chi connectivity index (χ0n) is 14.3. The van der Waals surface area contributed by atoms with Crippen molar-refractivity contribution >= 4 is 17.5 Å².